The van der Waals surface area contributed by atoms with Crippen molar-refractivity contribution in [2.24, 2.45) is 0 Å². The van der Waals surface area contributed by atoms with Crippen LogP contribution in [0.2, 0.25) is 0 Å². The van der Waals surface area contributed by atoms with Crippen LogP contribution in [-0.4, -0.2) is 15.2 Å². The summed E-state index contributed by atoms with van der Waals surface area (Å²) in [5.74, 6) is 1.51. The summed E-state index contributed by atoms with van der Waals surface area (Å²) in [6, 6.07) is 16.2. The number of hydrogen-bond donors (Lipinski definition) is 2. The summed E-state index contributed by atoms with van der Waals surface area (Å²) >= 11 is 1.18. The first-order valence-electron chi connectivity index (χ1n) is 7.89. The van der Waals surface area contributed by atoms with E-state index in [1.54, 1.807) is 29.6 Å². The first-order valence-corrected chi connectivity index (χ1v) is 10.3. The molecule has 0 saturated heterocycles. The van der Waals surface area contributed by atoms with Gasteiger partial charge in [0.1, 0.15) is 4.21 Å². The van der Waals surface area contributed by atoms with Gasteiger partial charge in [0.2, 0.25) is 6.79 Å². The van der Waals surface area contributed by atoms with E-state index in [1.807, 2.05) is 30.3 Å². The van der Waals surface area contributed by atoms with Gasteiger partial charge in [-0.25, -0.2) is 8.42 Å². The molecule has 0 amide bonds. The summed E-state index contributed by atoms with van der Waals surface area (Å²) in [6.07, 6.45) is 0. The molecule has 2 aromatic carbocycles. The van der Waals surface area contributed by atoms with Gasteiger partial charge in [0.05, 0.1) is 0 Å². The normalized spacial score (nSPS) is 12.8. The maximum absolute atomic E-state index is 12.2. The summed E-state index contributed by atoms with van der Waals surface area (Å²) in [7, 11) is -3.52. The maximum Gasteiger partial charge on any atom is 0.271 e. The Morgan fingerprint density at radius 1 is 0.962 bits per heavy atom. The van der Waals surface area contributed by atoms with Crippen LogP contribution < -0.4 is 19.5 Å². The fourth-order valence-corrected chi connectivity index (χ4v) is 4.58. The van der Waals surface area contributed by atoms with E-state index < -0.39 is 10.0 Å². The number of rotatable bonds is 6. The van der Waals surface area contributed by atoms with Crippen molar-refractivity contribution in [3.05, 3.63) is 65.5 Å². The molecule has 1 aliphatic heterocycles. The zero-order valence-electron chi connectivity index (χ0n) is 13.6. The molecular formula is C18H16N2O4S2. The van der Waals surface area contributed by atoms with Gasteiger partial charge < -0.3 is 14.8 Å². The highest BCUT2D eigenvalue weighted by atomic mass is 32.2. The molecule has 0 saturated carbocycles. The molecular weight excluding hydrogens is 372 g/mol. The minimum Gasteiger partial charge on any atom is -0.454 e. The van der Waals surface area contributed by atoms with E-state index in [9.17, 15) is 8.42 Å². The van der Waals surface area contributed by atoms with Crippen molar-refractivity contribution in [3.63, 3.8) is 0 Å². The van der Waals surface area contributed by atoms with Crippen molar-refractivity contribution in [3.8, 4) is 11.5 Å². The SMILES string of the molecule is O=S(=O)(Nc1ccc(NCc2ccc3c(c2)OCO3)cc1)c1cccs1. The van der Waals surface area contributed by atoms with Gasteiger partial charge in [0.25, 0.3) is 10.0 Å². The smallest absolute Gasteiger partial charge is 0.271 e. The van der Waals surface area contributed by atoms with Crippen LogP contribution in [0.25, 0.3) is 0 Å². The first kappa shape index (κ1) is 16.7. The van der Waals surface area contributed by atoms with Crippen molar-refractivity contribution in [2.45, 2.75) is 10.8 Å². The fourth-order valence-electron chi connectivity index (χ4n) is 2.53. The van der Waals surface area contributed by atoms with Crippen LogP contribution in [0.1, 0.15) is 5.56 Å². The number of anilines is 2. The largest absolute Gasteiger partial charge is 0.454 e. The van der Waals surface area contributed by atoms with Crippen LogP contribution >= 0.6 is 11.3 Å². The van der Waals surface area contributed by atoms with Crippen molar-refractivity contribution < 1.29 is 17.9 Å². The molecule has 0 radical (unpaired) electrons. The molecule has 26 heavy (non-hydrogen) atoms. The number of benzene rings is 2. The van der Waals surface area contributed by atoms with Gasteiger partial charge in [-0.15, -0.1) is 11.3 Å². The molecule has 134 valence electrons. The third kappa shape index (κ3) is 3.61. The minimum atomic E-state index is -3.52. The molecule has 0 atom stereocenters. The highest BCUT2D eigenvalue weighted by Crippen LogP contribution is 2.32. The summed E-state index contributed by atoms with van der Waals surface area (Å²) in [5.41, 5.74) is 2.48. The lowest BCUT2D eigenvalue weighted by Crippen LogP contribution is -2.11. The quantitative estimate of drug-likeness (QED) is 0.670. The number of sulfonamides is 1. The van der Waals surface area contributed by atoms with Crippen molar-refractivity contribution in [1.29, 1.82) is 0 Å². The second-order valence-electron chi connectivity index (χ2n) is 5.66. The standard InChI is InChI=1S/C18H16N2O4S2/c21-26(22,18-2-1-9-25-18)20-15-6-4-14(5-7-15)19-11-13-3-8-16-17(10-13)24-12-23-16/h1-10,19-20H,11-12H2. The Kier molecular flexibility index (Phi) is 4.44. The molecule has 1 aliphatic rings. The number of thiophene rings is 1. The zero-order valence-corrected chi connectivity index (χ0v) is 15.3. The minimum absolute atomic E-state index is 0.259. The second kappa shape index (κ2) is 6.89. The Bertz CT molecular complexity index is 1000. The van der Waals surface area contributed by atoms with E-state index in [0.717, 1.165) is 22.7 Å². The fraction of sp³-hybridized carbons (Fsp3) is 0.111. The predicted molar refractivity (Wildman–Crippen MR) is 101 cm³/mol. The van der Waals surface area contributed by atoms with Crippen LogP contribution in [0.3, 0.4) is 0 Å². The Labute approximate surface area is 155 Å². The molecule has 0 unspecified atom stereocenters. The predicted octanol–water partition coefficient (Wildman–Crippen LogP) is 3.89. The number of hydrogen-bond acceptors (Lipinski definition) is 6. The molecule has 0 bridgehead atoms. The van der Waals surface area contributed by atoms with Gasteiger partial charge in [-0.05, 0) is 53.4 Å². The lowest BCUT2D eigenvalue weighted by molar-refractivity contribution is 0.174. The summed E-state index contributed by atoms with van der Waals surface area (Å²) < 4.78 is 38.0. The van der Waals surface area contributed by atoms with Gasteiger partial charge in [-0.3, -0.25) is 4.72 Å². The number of nitrogens with one attached hydrogen (secondary N) is 2. The lowest BCUT2D eigenvalue weighted by atomic mass is 10.2. The van der Waals surface area contributed by atoms with Gasteiger partial charge in [0.15, 0.2) is 11.5 Å². The highest BCUT2D eigenvalue weighted by Gasteiger charge is 2.15. The van der Waals surface area contributed by atoms with Crippen molar-refractivity contribution >= 4 is 32.7 Å². The van der Waals surface area contributed by atoms with Crippen molar-refractivity contribution in [1.82, 2.24) is 0 Å². The zero-order chi connectivity index (χ0) is 18.0. The Balaban J connectivity index is 1.39. The summed E-state index contributed by atoms with van der Waals surface area (Å²) in [4.78, 5) is 0. The van der Waals surface area contributed by atoms with Crippen LogP contribution in [0.4, 0.5) is 11.4 Å². The third-order valence-electron chi connectivity index (χ3n) is 3.83. The van der Waals surface area contributed by atoms with E-state index in [0.29, 0.717) is 16.4 Å². The van der Waals surface area contributed by atoms with E-state index in [4.69, 9.17) is 9.47 Å². The maximum atomic E-state index is 12.2. The Morgan fingerprint density at radius 3 is 2.50 bits per heavy atom. The molecule has 0 aliphatic carbocycles. The van der Waals surface area contributed by atoms with E-state index in [1.165, 1.54) is 11.3 Å². The van der Waals surface area contributed by atoms with Crippen LogP contribution in [0.5, 0.6) is 11.5 Å². The van der Waals surface area contributed by atoms with Gasteiger partial charge >= 0.3 is 0 Å². The second-order valence-corrected chi connectivity index (χ2v) is 8.51. The van der Waals surface area contributed by atoms with Gasteiger partial charge in [-0.1, -0.05) is 12.1 Å². The average molecular weight is 388 g/mol. The number of fused-ring (bicyclic) bond motifs is 1. The molecule has 4 rings (SSSR count). The number of ether oxygens (including phenoxy) is 2. The van der Waals surface area contributed by atoms with Crippen LogP contribution in [-0.2, 0) is 16.6 Å². The molecule has 2 heterocycles. The molecule has 8 heteroatoms. The highest BCUT2D eigenvalue weighted by molar-refractivity contribution is 7.94. The van der Waals surface area contributed by atoms with E-state index >= 15 is 0 Å². The average Bonchev–Trinajstić information content (AvgIpc) is 3.32. The Morgan fingerprint density at radius 2 is 1.73 bits per heavy atom. The monoisotopic (exact) mass is 388 g/mol. The third-order valence-corrected chi connectivity index (χ3v) is 6.61. The van der Waals surface area contributed by atoms with E-state index in [-0.39, 0.29) is 6.79 Å². The molecule has 0 fully saturated rings. The summed E-state index contributed by atoms with van der Waals surface area (Å²) in [6.45, 7) is 0.881. The van der Waals surface area contributed by atoms with Gasteiger partial charge in [0, 0.05) is 17.9 Å². The molecule has 0 spiro atoms. The van der Waals surface area contributed by atoms with Crippen molar-refractivity contribution in [2.75, 3.05) is 16.8 Å². The molecule has 6 nitrogen and oxygen atoms in total. The summed E-state index contributed by atoms with van der Waals surface area (Å²) in [5, 5.41) is 5.03. The topological polar surface area (TPSA) is 76.7 Å². The molecule has 1 aromatic heterocycles. The molecule has 3 aromatic rings. The van der Waals surface area contributed by atoms with Crippen LogP contribution in [0, 0.1) is 0 Å². The van der Waals surface area contributed by atoms with E-state index in [2.05, 4.69) is 10.0 Å². The lowest BCUT2D eigenvalue weighted by Gasteiger charge is -2.10. The first-order chi connectivity index (χ1) is 12.6. The molecule has 2 N–H and O–H groups in total. The van der Waals surface area contributed by atoms with Gasteiger partial charge in [-0.2, -0.15) is 0 Å². The van der Waals surface area contributed by atoms with Crippen LogP contribution in [0.15, 0.2) is 64.2 Å². The Hall–Kier alpha value is -2.71.